The molecule has 2 rings (SSSR count). The van der Waals surface area contributed by atoms with Gasteiger partial charge in [-0.15, -0.1) is 0 Å². The maximum Gasteiger partial charge on any atom is 0.224 e. The van der Waals surface area contributed by atoms with E-state index in [-0.39, 0.29) is 5.91 Å². The van der Waals surface area contributed by atoms with Gasteiger partial charge in [0, 0.05) is 12.1 Å². The number of hydrogen-bond donors (Lipinski definition) is 1. The summed E-state index contributed by atoms with van der Waals surface area (Å²) in [4.78, 5) is 11.7. The lowest BCUT2D eigenvalue weighted by Gasteiger charge is -2.06. The van der Waals surface area contributed by atoms with Gasteiger partial charge in [0.25, 0.3) is 0 Å². The Morgan fingerprint density at radius 1 is 0.947 bits per heavy atom. The molecule has 0 spiro atoms. The van der Waals surface area contributed by atoms with E-state index in [0.29, 0.717) is 19.4 Å². The topological polar surface area (TPSA) is 38.3 Å². The van der Waals surface area contributed by atoms with E-state index >= 15 is 0 Å². The summed E-state index contributed by atoms with van der Waals surface area (Å²) in [5.41, 5.74) is 0.830. The van der Waals surface area contributed by atoms with Crippen LogP contribution in [0.3, 0.4) is 0 Å². The Morgan fingerprint density at radius 3 is 2.26 bits per heavy atom. The maximum absolute atomic E-state index is 11.7. The van der Waals surface area contributed by atoms with Gasteiger partial charge in [0.05, 0.1) is 6.61 Å². The summed E-state index contributed by atoms with van der Waals surface area (Å²) in [5, 5.41) is 2.85. The van der Waals surface area contributed by atoms with Crippen molar-refractivity contribution >= 4 is 11.6 Å². The summed E-state index contributed by atoms with van der Waals surface area (Å²) >= 11 is 0. The summed E-state index contributed by atoms with van der Waals surface area (Å²) < 4.78 is 5.53. The van der Waals surface area contributed by atoms with Crippen LogP contribution >= 0.6 is 0 Å². The first-order chi connectivity index (χ1) is 9.34. The predicted molar refractivity (Wildman–Crippen MR) is 76.2 cm³/mol. The monoisotopic (exact) mass is 255 g/mol. The molecule has 3 nitrogen and oxygen atoms in total. The van der Waals surface area contributed by atoms with Crippen molar-refractivity contribution in [1.82, 2.24) is 0 Å². The van der Waals surface area contributed by atoms with E-state index in [2.05, 4.69) is 5.32 Å². The lowest BCUT2D eigenvalue weighted by Crippen LogP contribution is -2.12. The first-order valence-electron chi connectivity index (χ1n) is 6.37. The summed E-state index contributed by atoms with van der Waals surface area (Å²) in [5.74, 6) is 0.855. The minimum atomic E-state index is 0.0165. The van der Waals surface area contributed by atoms with Gasteiger partial charge in [0.15, 0.2) is 0 Å². The van der Waals surface area contributed by atoms with Crippen LogP contribution < -0.4 is 10.1 Å². The van der Waals surface area contributed by atoms with Crippen molar-refractivity contribution in [2.45, 2.75) is 12.8 Å². The number of rotatable bonds is 6. The molecule has 19 heavy (non-hydrogen) atoms. The van der Waals surface area contributed by atoms with Gasteiger partial charge in [-0.05, 0) is 30.7 Å². The smallest absolute Gasteiger partial charge is 0.224 e. The molecule has 0 bridgehead atoms. The molecule has 0 aliphatic carbocycles. The first kappa shape index (κ1) is 13.1. The third-order valence-electron chi connectivity index (χ3n) is 2.62. The van der Waals surface area contributed by atoms with Crippen LogP contribution in [0, 0.1) is 0 Å². The Morgan fingerprint density at radius 2 is 1.58 bits per heavy atom. The van der Waals surface area contributed by atoms with E-state index in [4.69, 9.17) is 4.74 Å². The average molecular weight is 255 g/mol. The fourth-order valence-electron chi connectivity index (χ4n) is 1.68. The Labute approximate surface area is 113 Å². The van der Waals surface area contributed by atoms with Crippen LogP contribution in [-0.4, -0.2) is 12.5 Å². The minimum Gasteiger partial charge on any atom is -0.494 e. The van der Waals surface area contributed by atoms with Crippen molar-refractivity contribution in [3.8, 4) is 5.75 Å². The summed E-state index contributed by atoms with van der Waals surface area (Å²) in [6, 6.07) is 19.1. The Balaban J connectivity index is 1.65. The second-order valence-corrected chi connectivity index (χ2v) is 4.18. The van der Waals surface area contributed by atoms with Gasteiger partial charge in [0.2, 0.25) is 5.91 Å². The molecule has 0 fully saturated rings. The third kappa shape index (κ3) is 4.84. The van der Waals surface area contributed by atoms with Gasteiger partial charge < -0.3 is 10.1 Å². The highest BCUT2D eigenvalue weighted by atomic mass is 16.5. The van der Waals surface area contributed by atoms with Crippen molar-refractivity contribution in [1.29, 1.82) is 0 Å². The fourth-order valence-corrected chi connectivity index (χ4v) is 1.68. The molecule has 1 amide bonds. The largest absolute Gasteiger partial charge is 0.494 e. The zero-order valence-electron chi connectivity index (χ0n) is 10.7. The molecule has 1 N–H and O–H groups in total. The highest BCUT2D eigenvalue weighted by Crippen LogP contribution is 2.09. The number of hydrogen-bond acceptors (Lipinski definition) is 2. The summed E-state index contributed by atoms with van der Waals surface area (Å²) in [6.07, 6.45) is 1.16. The number of ether oxygens (including phenoxy) is 1. The van der Waals surface area contributed by atoms with E-state index in [1.54, 1.807) is 0 Å². The van der Waals surface area contributed by atoms with Gasteiger partial charge in [-0.2, -0.15) is 0 Å². The molecule has 0 saturated heterocycles. The lowest BCUT2D eigenvalue weighted by molar-refractivity contribution is -0.116. The Hall–Kier alpha value is -2.29. The zero-order valence-corrected chi connectivity index (χ0v) is 10.7. The number of amides is 1. The highest BCUT2D eigenvalue weighted by Gasteiger charge is 2.01. The molecule has 0 radical (unpaired) electrons. The highest BCUT2D eigenvalue weighted by molar-refractivity contribution is 5.90. The lowest BCUT2D eigenvalue weighted by atomic mass is 10.2. The molecule has 2 aromatic rings. The molecular formula is C16H17NO2. The van der Waals surface area contributed by atoms with Gasteiger partial charge in [-0.25, -0.2) is 0 Å². The molecule has 98 valence electrons. The molecule has 0 aliphatic rings. The molecule has 0 aliphatic heterocycles. The summed E-state index contributed by atoms with van der Waals surface area (Å²) in [6.45, 7) is 0.548. The average Bonchev–Trinajstić information content (AvgIpc) is 2.46. The minimum absolute atomic E-state index is 0.0165. The van der Waals surface area contributed by atoms with Gasteiger partial charge in [0.1, 0.15) is 5.75 Å². The Kier molecular flexibility index (Phi) is 4.99. The second-order valence-electron chi connectivity index (χ2n) is 4.18. The van der Waals surface area contributed by atoms with Gasteiger partial charge in [-0.1, -0.05) is 36.4 Å². The van der Waals surface area contributed by atoms with Crippen LogP contribution in [0.1, 0.15) is 12.8 Å². The number of para-hydroxylation sites is 2. The van der Waals surface area contributed by atoms with Crippen LogP contribution in [0.4, 0.5) is 5.69 Å². The number of carbonyl (C=O) groups is 1. The number of nitrogens with one attached hydrogen (secondary N) is 1. The van der Waals surface area contributed by atoms with E-state index in [0.717, 1.165) is 11.4 Å². The van der Waals surface area contributed by atoms with Gasteiger partial charge >= 0.3 is 0 Å². The summed E-state index contributed by atoms with van der Waals surface area (Å²) in [7, 11) is 0. The standard InChI is InChI=1S/C16H17NO2/c18-16(17-14-8-3-1-4-9-14)12-7-13-19-15-10-5-2-6-11-15/h1-6,8-11H,7,12-13H2,(H,17,18). The van der Waals surface area contributed by atoms with Crippen molar-refractivity contribution in [2.75, 3.05) is 11.9 Å². The molecule has 0 heterocycles. The van der Waals surface area contributed by atoms with Gasteiger partial charge in [-0.3, -0.25) is 4.79 Å². The zero-order chi connectivity index (χ0) is 13.3. The van der Waals surface area contributed by atoms with Crippen molar-refractivity contribution in [3.63, 3.8) is 0 Å². The molecule has 0 unspecified atom stereocenters. The van der Waals surface area contributed by atoms with Crippen LogP contribution in [0.5, 0.6) is 5.75 Å². The predicted octanol–water partition coefficient (Wildman–Crippen LogP) is 3.48. The van der Waals surface area contributed by atoms with E-state index in [9.17, 15) is 4.79 Å². The number of carbonyl (C=O) groups excluding carboxylic acids is 1. The van der Waals surface area contributed by atoms with E-state index < -0.39 is 0 Å². The Bertz CT molecular complexity index is 497. The normalized spacial score (nSPS) is 9.89. The quantitative estimate of drug-likeness (QED) is 0.802. The van der Waals surface area contributed by atoms with Crippen molar-refractivity contribution in [3.05, 3.63) is 60.7 Å². The van der Waals surface area contributed by atoms with E-state index in [1.807, 2.05) is 60.7 Å². The van der Waals surface area contributed by atoms with Crippen LogP contribution in [0.15, 0.2) is 60.7 Å². The molecule has 3 heteroatoms. The van der Waals surface area contributed by atoms with Crippen LogP contribution in [0.2, 0.25) is 0 Å². The van der Waals surface area contributed by atoms with Crippen LogP contribution in [0.25, 0.3) is 0 Å². The maximum atomic E-state index is 11.7. The molecule has 0 saturated carbocycles. The number of anilines is 1. The van der Waals surface area contributed by atoms with Crippen LogP contribution in [-0.2, 0) is 4.79 Å². The second kappa shape index (κ2) is 7.21. The first-order valence-corrected chi connectivity index (χ1v) is 6.37. The third-order valence-corrected chi connectivity index (χ3v) is 2.62. The molecular weight excluding hydrogens is 238 g/mol. The van der Waals surface area contributed by atoms with Crippen molar-refractivity contribution < 1.29 is 9.53 Å². The number of benzene rings is 2. The molecule has 2 aromatic carbocycles. The van der Waals surface area contributed by atoms with E-state index in [1.165, 1.54) is 0 Å². The van der Waals surface area contributed by atoms with Crippen molar-refractivity contribution in [2.24, 2.45) is 0 Å². The molecule has 0 atom stereocenters. The molecule has 0 aromatic heterocycles. The SMILES string of the molecule is O=C(CCCOc1ccccc1)Nc1ccccc1. The fraction of sp³-hybridized carbons (Fsp3) is 0.188.